The Labute approximate surface area is 116 Å². The standard InChI is InChI=1S/C14H18BrNO2/c1-10-2-3-11(9-17)8-16(10)14(18)12-4-6-13(15)7-5-12/h4-7,10-11,17H,2-3,8-9H2,1H3. The van der Waals surface area contributed by atoms with E-state index in [1.54, 1.807) is 0 Å². The van der Waals surface area contributed by atoms with E-state index in [1.807, 2.05) is 29.2 Å². The Hall–Kier alpha value is -0.870. The Morgan fingerprint density at radius 2 is 2.06 bits per heavy atom. The van der Waals surface area contributed by atoms with Crippen molar-refractivity contribution in [2.45, 2.75) is 25.8 Å². The first kappa shape index (κ1) is 13.6. The predicted molar refractivity (Wildman–Crippen MR) is 74.5 cm³/mol. The third-order valence-electron chi connectivity index (χ3n) is 3.59. The van der Waals surface area contributed by atoms with Gasteiger partial charge in [-0.25, -0.2) is 0 Å². The highest BCUT2D eigenvalue weighted by Crippen LogP contribution is 2.23. The molecule has 2 rings (SSSR count). The zero-order valence-electron chi connectivity index (χ0n) is 10.5. The van der Waals surface area contributed by atoms with Crippen LogP contribution in [-0.2, 0) is 0 Å². The van der Waals surface area contributed by atoms with E-state index in [2.05, 4.69) is 22.9 Å². The molecule has 1 N–H and O–H groups in total. The minimum Gasteiger partial charge on any atom is -0.396 e. The van der Waals surface area contributed by atoms with Crippen molar-refractivity contribution in [3.8, 4) is 0 Å². The summed E-state index contributed by atoms with van der Waals surface area (Å²) in [5, 5.41) is 9.24. The van der Waals surface area contributed by atoms with Gasteiger partial charge in [-0.1, -0.05) is 15.9 Å². The Morgan fingerprint density at radius 3 is 2.67 bits per heavy atom. The van der Waals surface area contributed by atoms with Gasteiger partial charge in [-0.15, -0.1) is 0 Å². The fourth-order valence-electron chi connectivity index (χ4n) is 2.37. The number of carbonyl (C=O) groups is 1. The van der Waals surface area contributed by atoms with Gasteiger partial charge < -0.3 is 10.0 Å². The number of piperidine rings is 1. The van der Waals surface area contributed by atoms with E-state index >= 15 is 0 Å². The number of carbonyl (C=O) groups excluding carboxylic acids is 1. The third kappa shape index (κ3) is 2.93. The van der Waals surface area contributed by atoms with E-state index in [-0.39, 0.29) is 24.5 Å². The van der Waals surface area contributed by atoms with Gasteiger partial charge in [0.1, 0.15) is 0 Å². The van der Waals surface area contributed by atoms with Gasteiger partial charge in [0.25, 0.3) is 5.91 Å². The van der Waals surface area contributed by atoms with Crippen LogP contribution in [0.5, 0.6) is 0 Å². The molecule has 0 spiro atoms. The topological polar surface area (TPSA) is 40.5 Å². The summed E-state index contributed by atoms with van der Waals surface area (Å²) in [5.74, 6) is 0.286. The minimum atomic E-state index is 0.0631. The lowest BCUT2D eigenvalue weighted by molar-refractivity contribution is 0.0489. The zero-order valence-corrected chi connectivity index (χ0v) is 12.1. The van der Waals surface area contributed by atoms with Crippen molar-refractivity contribution in [3.05, 3.63) is 34.3 Å². The van der Waals surface area contributed by atoms with Crippen LogP contribution in [0, 0.1) is 5.92 Å². The van der Waals surface area contributed by atoms with Crippen LogP contribution in [-0.4, -0.2) is 35.1 Å². The molecule has 1 aliphatic heterocycles. The summed E-state index contributed by atoms with van der Waals surface area (Å²) in [5.41, 5.74) is 0.712. The number of halogens is 1. The van der Waals surface area contributed by atoms with Gasteiger partial charge in [0.15, 0.2) is 0 Å². The van der Waals surface area contributed by atoms with Crippen molar-refractivity contribution in [1.82, 2.24) is 4.90 Å². The van der Waals surface area contributed by atoms with Gasteiger partial charge in [-0.2, -0.15) is 0 Å². The summed E-state index contributed by atoms with van der Waals surface area (Å²) >= 11 is 3.37. The number of hydrogen-bond donors (Lipinski definition) is 1. The molecule has 1 aromatic rings. The first-order valence-electron chi connectivity index (χ1n) is 6.29. The number of nitrogens with zero attached hydrogens (tertiary/aromatic N) is 1. The quantitative estimate of drug-likeness (QED) is 0.912. The smallest absolute Gasteiger partial charge is 0.254 e. The van der Waals surface area contributed by atoms with E-state index in [0.29, 0.717) is 12.1 Å². The van der Waals surface area contributed by atoms with Gasteiger partial charge in [-0.05, 0) is 49.9 Å². The number of rotatable bonds is 2. The molecule has 0 aliphatic carbocycles. The van der Waals surface area contributed by atoms with Gasteiger partial charge in [0, 0.05) is 29.2 Å². The van der Waals surface area contributed by atoms with Gasteiger partial charge in [-0.3, -0.25) is 4.79 Å². The molecule has 0 bridgehead atoms. The summed E-state index contributed by atoms with van der Waals surface area (Å²) in [6.07, 6.45) is 1.97. The van der Waals surface area contributed by atoms with Crippen LogP contribution in [0.2, 0.25) is 0 Å². The minimum absolute atomic E-state index is 0.0631. The molecule has 1 fully saturated rings. The van der Waals surface area contributed by atoms with Crippen LogP contribution in [0.3, 0.4) is 0 Å². The molecule has 4 heteroatoms. The van der Waals surface area contributed by atoms with Crippen molar-refractivity contribution >= 4 is 21.8 Å². The molecule has 1 heterocycles. The average Bonchev–Trinajstić information content (AvgIpc) is 2.39. The van der Waals surface area contributed by atoms with E-state index in [1.165, 1.54) is 0 Å². The second-order valence-corrected chi connectivity index (χ2v) is 5.86. The van der Waals surface area contributed by atoms with Crippen LogP contribution in [0.1, 0.15) is 30.1 Å². The van der Waals surface area contributed by atoms with E-state index in [4.69, 9.17) is 0 Å². The highest BCUT2D eigenvalue weighted by molar-refractivity contribution is 9.10. The summed E-state index contributed by atoms with van der Waals surface area (Å²) in [6, 6.07) is 7.68. The molecule has 2 unspecified atom stereocenters. The summed E-state index contributed by atoms with van der Waals surface area (Å²) in [7, 11) is 0. The summed E-state index contributed by atoms with van der Waals surface area (Å²) < 4.78 is 0.971. The van der Waals surface area contributed by atoms with Gasteiger partial charge >= 0.3 is 0 Å². The van der Waals surface area contributed by atoms with E-state index in [9.17, 15) is 9.90 Å². The van der Waals surface area contributed by atoms with Gasteiger partial charge in [0.05, 0.1) is 0 Å². The number of aliphatic hydroxyl groups is 1. The summed E-state index contributed by atoms with van der Waals surface area (Å²) in [6.45, 7) is 2.90. The lowest BCUT2D eigenvalue weighted by Crippen LogP contribution is -2.46. The SMILES string of the molecule is CC1CCC(CO)CN1C(=O)c1ccc(Br)cc1. The van der Waals surface area contributed by atoms with Crippen molar-refractivity contribution in [2.75, 3.05) is 13.2 Å². The Morgan fingerprint density at radius 1 is 1.39 bits per heavy atom. The molecule has 18 heavy (non-hydrogen) atoms. The molecule has 3 nitrogen and oxygen atoms in total. The highest BCUT2D eigenvalue weighted by Gasteiger charge is 2.29. The molecule has 0 saturated carbocycles. The largest absolute Gasteiger partial charge is 0.396 e. The number of hydrogen-bond acceptors (Lipinski definition) is 2. The normalized spacial score (nSPS) is 24.1. The van der Waals surface area contributed by atoms with Crippen LogP contribution < -0.4 is 0 Å². The Bertz CT molecular complexity index is 418. The highest BCUT2D eigenvalue weighted by atomic mass is 79.9. The second-order valence-electron chi connectivity index (χ2n) is 4.94. The number of likely N-dealkylation sites (tertiary alicyclic amines) is 1. The molecule has 2 atom stereocenters. The number of aliphatic hydroxyl groups excluding tert-OH is 1. The summed E-state index contributed by atoms with van der Waals surface area (Å²) in [4.78, 5) is 14.3. The lowest BCUT2D eigenvalue weighted by Gasteiger charge is -2.37. The second kappa shape index (κ2) is 5.85. The molecule has 1 aromatic carbocycles. The third-order valence-corrected chi connectivity index (χ3v) is 4.12. The van der Waals surface area contributed by atoms with Crippen molar-refractivity contribution in [1.29, 1.82) is 0 Å². The van der Waals surface area contributed by atoms with E-state index in [0.717, 1.165) is 17.3 Å². The maximum Gasteiger partial charge on any atom is 0.254 e. The molecule has 0 radical (unpaired) electrons. The van der Waals surface area contributed by atoms with Crippen LogP contribution in [0.25, 0.3) is 0 Å². The molecule has 0 aromatic heterocycles. The fourth-order valence-corrected chi connectivity index (χ4v) is 2.64. The van der Waals surface area contributed by atoms with Crippen molar-refractivity contribution in [2.24, 2.45) is 5.92 Å². The lowest BCUT2D eigenvalue weighted by atomic mass is 9.93. The molecular weight excluding hydrogens is 294 g/mol. The van der Waals surface area contributed by atoms with Crippen molar-refractivity contribution < 1.29 is 9.90 Å². The maximum atomic E-state index is 12.4. The molecule has 1 aliphatic rings. The Kier molecular flexibility index (Phi) is 4.40. The predicted octanol–water partition coefficient (Wildman–Crippen LogP) is 2.68. The first-order valence-corrected chi connectivity index (χ1v) is 7.08. The molecule has 98 valence electrons. The van der Waals surface area contributed by atoms with Crippen molar-refractivity contribution in [3.63, 3.8) is 0 Å². The number of amides is 1. The van der Waals surface area contributed by atoms with Crippen LogP contribution in [0.15, 0.2) is 28.7 Å². The molecular formula is C14H18BrNO2. The zero-order chi connectivity index (χ0) is 13.1. The first-order chi connectivity index (χ1) is 8.61. The van der Waals surface area contributed by atoms with Crippen LogP contribution in [0.4, 0.5) is 0 Å². The molecule has 1 amide bonds. The Balaban J connectivity index is 2.13. The van der Waals surface area contributed by atoms with Gasteiger partial charge in [0.2, 0.25) is 0 Å². The maximum absolute atomic E-state index is 12.4. The monoisotopic (exact) mass is 311 g/mol. The van der Waals surface area contributed by atoms with Crippen LogP contribution >= 0.6 is 15.9 Å². The average molecular weight is 312 g/mol. The van der Waals surface area contributed by atoms with E-state index < -0.39 is 0 Å². The number of benzene rings is 1. The molecule has 1 saturated heterocycles. The fraction of sp³-hybridized carbons (Fsp3) is 0.500.